The molecule has 180 valence electrons. The molecule has 5 rings (SSSR count). The third kappa shape index (κ3) is 4.42. The highest BCUT2D eigenvalue weighted by Crippen LogP contribution is 2.38. The molecule has 1 aliphatic rings. The van der Waals surface area contributed by atoms with Gasteiger partial charge in [0.1, 0.15) is 23.0 Å². The molecule has 0 radical (unpaired) electrons. The zero-order valence-corrected chi connectivity index (χ0v) is 20.0. The molecule has 0 saturated carbocycles. The van der Waals surface area contributed by atoms with Crippen LogP contribution >= 0.6 is 0 Å². The van der Waals surface area contributed by atoms with Crippen LogP contribution in [-0.2, 0) is 5.41 Å². The van der Waals surface area contributed by atoms with E-state index in [0.717, 1.165) is 37.6 Å². The summed E-state index contributed by atoms with van der Waals surface area (Å²) in [7, 11) is 0. The van der Waals surface area contributed by atoms with Crippen LogP contribution in [0.5, 0.6) is 0 Å². The van der Waals surface area contributed by atoms with Gasteiger partial charge in [0.25, 0.3) is 5.89 Å². The van der Waals surface area contributed by atoms with Crippen molar-refractivity contribution in [1.29, 1.82) is 0 Å². The average molecular weight is 473 g/mol. The van der Waals surface area contributed by atoms with Gasteiger partial charge in [-0.05, 0) is 24.5 Å². The Labute approximate surface area is 203 Å². The predicted molar refractivity (Wildman–Crippen MR) is 131 cm³/mol. The highest BCUT2D eigenvalue weighted by Gasteiger charge is 2.38. The summed E-state index contributed by atoms with van der Waals surface area (Å²) < 4.78 is 5.62. The van der Waals surface area contributed by atoms with Crippen molar-refractivity contribution in [3.05, 3.63) is 54.5 Å². The number of nitrogens with two attached hydrogens (primary N) is 1. The van der Waals surface area contributed by atoms with Crippen LogP contribution in [0.1, 0.15) is 32.2 Å². The number of anilines is 2. The van der Waals surface area contributed by atoms with Gasteiger partial charge in [-0.3, -0.25) is 4.98 Å². The number of hydrogen-bond acceptors (Lipinski definition) is 11. The summed E-state index contributed by atoms with van der Waals surface area (Å²) in [6.07, 6.45) is 8.40. The van der Waals surface area contributed by atoms with Crippen LogP contribution in [0.4, 0.5) is 11.6 Å². The number of aromatic nitrogens is 7. The van der Waals surface area contributed by atoms with Crippen LogP contribution in [-0.4, -0.2) is 61.2 Å². The van der Waals surface area contributed by atoms with Crippen molar-refractivity contribution in [2.45, 2.75) is 26.2 Å². The zero-order valence-electron chi connectivity index (χ0n) is 20.0. The number of nitrogens with zero attached hydrogens (tertiary/aromatic N) is 8. The monoisotopic (exact) mass is 472 g/mol. The van der Waals surface area contributed by atoms with Gasteiger partial charge < -0.3 is 20.5 Å². The molecule has 11 heteroatoms. The van der Waals surface area contributed by atoms with Gasteiger partial charge in [0.2, 0.25) is 0 Å². The molecule has 11 nitrogen and oxygen atoms in total. The number of hydrogen-bond donors (Lipinski definition) is 2. The van der Waals surface area contributed by atoms with Gasteiger partial charge in [-0.1, -0.05) is 25.1 Å². The fourth-order valence-electron chi connectivity index (χ4n) is 4.07. The zero-order chi connectivity index (χ0) is 24.4. The number of piperazine rings is 1. The van der Waals surface area contributed by atoms with Gasteiger partial charge in [0, 0.05) is 32.4 Å². The van der Waals surface area contributed by atoms with Gasteiger partial charge in [-0.2, -0.15) is 4.98 Å². The van der Waals surface area contributed by atoms with Crippen LogP contribution < -0.4 is 16.0 Å². The van der Waals surface area contributed by atoms with Crippen molar-refractivity contribution in [2.75, 3.05) is 36.8 Å². The Hall–Kier alpha value is -3.99. The van der Waals surface area contributed by atoms with E-state index in [1.165, 1.54) is 6.20 Å². The summed E-state index contributed by atoms with van der Waals surface area (Å²) in [6.45, 7) is 10.0. The molecule has 0 aliphatic carbocycles. The Kier molecular flexibility index (Phi) is 6.08. The lowest BCUT2D eigenvalue weighted by Gasteiger charge is -2.30. The second-order valence-corrected chi connectivity index (χ2v) is 9.04. The van der Waals surface area contributed by atoms with Crippen LogP contribution in [0, 0.1) is 5.92 Å². The van der Waals surface area contributed by atoms with Crippen LogP contribution in [0.2, 0.25) is 0 Å². The molecule has 35 heavy (non-hydrogen) atoms. The Morgan fingerprint density at radius 2 is 1.66 bits per heavy atom. The maximum atomic E-state index is 5.64. The van der Waals surface area contributed by atoms with Crippen LogP contribution in [0.15, 0.2) is 47.6 Å². The number of nitrogens with one attached hydrogen (secondary N) is 1. The first-order chi connectivity index (χ1) is 16.9. The normalized spacial score (nSPS) is 15.8. The van der Waals surface area contributed by atoms with E-state index in [9.17, 15) is 0 Å². The van der Waals surface area contributed by atoms with Crippen molar-refractivity contribution >= 4 is 11.6 Å². The first-order valence-electron chi connectivity index (χ1n) is 11.6. The van der Waals surface area contributed by atoms with E-state index in [1.807, 2.05) is 18.3 Å². The molecule has 1 unspecified atom stereocenters. The summed E-state index contributed by atoms with van der Waals surface area (Å²) in [5.74, 6) is 2.29. The summed E-state index contributed by atoms with van der Waals surface area (Å²) in [5, 5.41) is 7.66. The molecule has 3 N–H and O–H groups in total. The summed E-state index contributed by atoms with van der Waals surface area (Å²) in [4.78, 5) is 29.0. The van der Waals surface area contributed by atoms with Crippen LogP contribution in [0.25, 0.3) is 23.0 Å². The SMILES string of the molecule is CC(C)C(C)(c1ccc(-c2cnc(N)cn2)nc1)c1noc(-c2cnc(N3CCNCC3)cn2)n1. The molecule has 0 spiro atoms. The van der Waals surface area contributed by atoms with Gasteiger partial charge in [0.05, 0.1) is 35.9 Å². The molecule has 0 aromatic carbocycles. The van der Waals surface area contributed by atoms with Gasteiger partial charge in [-0.15, -0.1) is 0 Å². The third-order valence-electron chi connectivity index (χ3n) is 6.64. The third-order valence-corrected chi connectivity index (χ3v) is 6.64. The molecular formula is C24H28N10O. The molecule has 1 atom stereocenters. The van der Waals surface area contributed by atoms with Crippen molar-refractivity contribution < 1.29 is 4.52 Å². The molecule has 1 saturated heterocycles. The van der Waals surface area contributed by atoms with E-state index < -0.39 is 5.41 Å². The fraction of sp³-hybridized carbons (Fsp3) is 0.375. The number of rotatable bonds is 6. The highest BCUT2D eigenvalue weighted by molar-refractivity contribution is 5.54. The topological polar surface area (TPSA) is 145 Å². The van der Waals surface area contributed by atoms with Crippen molar-refractivity contribution in [1.82, 2.24) is 40.4 Å². The largest absolute Gasteiger partial charge is 0.382 e. The van der Waals surface area contributed by atoms with Gasteiger partial charge >= 0.3 is 0 Å². The smallest absolute Gasteiger partial charge is 0.278 e. The average Bonchev–Trinajstić information content (AvgIpc) is 3.40. The maximum absolute atomic E-state index is 5.64. The summed E-state index contributed by atoms with van der Waals surface area (Å²) in [6, 6.07) is 3.93. The molecule has 0 bridgehead atoms. The maximum Gasteiger partial charge on any atom is 0.278 e. The Morgan fingerprint density at radius 3 is 2.29 bits per heavy atom. The van der Waals surface area contributed by atoms with E-state index in [4.69, 9.17) is 15.2 Å². The molecule has 4 aromatic heterocycles. The lowest BCUT2D eigenvalue weighted by Crippen LogP contribution is -2.43. The molecular weight excluding hydrogens is 444 g/mol. The van der Waals surface area contributed by atoms with E-state index >= 15 is 0 Å². The van der Waals surface area contributed by atoms with E-state index in [1.54, 1.807) is 18.6 Å². The van der Waals surface area contributed by atoms with E-state index in [-0.39, 0.29) is 5.92 Å². The summed E-state index contributed by atoms with van der Waals surface area (Å²) in [5.41, 5.74) is 7.98. The standard InChI is InChI=1S/C24H28N10O/c1-15(2)24(3,16-4-5-17(27-10-16)18-11-30-20(25)13-28-18)23-32-22(35-33-23)19-12-31-21(14-29-19)34-8-6-26-7-9-34/h4-5,10-15,26H,6-9H2,1-3H3,(H2,25,30). The Bertz CT molecular complexity index is 1270. The van der Waals surface area contributed by atoms with Gasteiger partial charge in [-0.25, -0.2) is 19.9 Å². The van der Waals surface area contributed by atoms with E-state index in [2.05, 4.69) is 61.1 Å². The van der Waals surface area contributed by atoms with Crippen molar-refractivity contribution in [3.8, 4) is 23.0 Å². The number of nitrogen functional groups attached to an aromatic ring is 1. The van der Waals surface area contributed by atoms with Crippen molar-refractivity contribution in [2.24, 2.45) is 5.92 Å². The second kappa shape index (κ2) is 9.34. The quantitative estimate of drug-likeness (QED) is 0.426. The Morgan fingerprint density at radius 1 is 0.914 bits per heavy atom. The predicted octanol–water partition coefficient (Wildman–Crippen LogP) is 2.33. The molecule has 1 fully saturated rings. The van der Waals surface area contributed by atoms with E-state index in [0.29, 0.717) is 34.6 Å². The van der Waals surface area contributed by atoms with Gasteiger partial charge in [0.15, 0.2) is 5.82 Å². The highest BCUT2D eigenvalue weighted by atomic mass is 16.5. The first kappa shape index (κ1) is 22.8. The second-order valence-electron chi connectivity index (χ2n) is 9.04. The summed E-state index contributed by atoms with van der Waals surface area (Å²) >= 11 is 0. The first-order valence-corrected chi connectivity index (χ1v) is 11.6. The Balaban J connectivity index is 1.40. The molecule has 0 amide bonds. The lowest BCUT2D eigenvalue weighted by molar-refractivity contribution is 0.350. The molecule has 5 heterocycles. The van der Waals surface area contributed by atoms with Crippen molar-refractivity contribution in [3.63, 3.8) is 0 Å². The number of pyridine rings is 1. The fourth-order valence-corrected chi connectivity index (χ4v) is 4.07. The molecule has 1 aliphatic heterocycles. The minimum absolute atomic E-state index is 0.165. The lowest BCUT2D eigenvalue weighted by atomic mass is 9.73. The molecule has 4 aromatic rings. The minimum atomic E-state index is -0.533. The minimum Gasteiger partial charge on any atom is -0.382 e. The van der Waals surface area contributed by atoms with Crippen LogP contribution in [0.3, 0.4) is 0 Å².